The van der Waals surface area contributed by atoms with Gasteiger partial charge in [-0.15, -0.1) is 0 Å². The number of nitro benzene ring substituents is 1. The number of amides is 1. The Kier molecular flexibility index (Phi) is 4.24. The molecule has 0 saturated carbocycles. The molecule has 0 bridgehead atoms. The summed E-state index contributed by atoms with van der Waals surface area (Å²) in [5, 5.41) is 24.2. The van der Waals surface area contributed by atoms with E-state index in [9.17, 15) is 24.8 Å². The molecular formula is C16H10Cl2N2O5. The number of hydrogen-bond donors (Lipinski definition) is 2. The number of carbonyl (C=O) groups excluding carboxylic acids is 2. The number of halogens is 2. The predicted octanol–water partition coefficient (Wildman–Crippen LogP) is 3.31. The van der Waals surface area contributed by atoms with Crippen LogP contribution in [-0.2, 0) is 10.4 Å². The van der Waals surface area contributed by atoms with Crippen LogP contribution in [-0.4, -0.2) is 21.7 Å². The second-order valence-corrected chi connectivity index (χ2v) is 6.37. The zero-order chi connectivity index (χ0) is 18.4. The summed E-state index contributed by atoms with van der Waals surface area (Å²) < 4.78 is 0. The van der Waals surface area contributed by atoms with Gasteiger partial charge in [0.2, 0.25) is 0 Å². The molecule has 9 heteroatoms. The highest BCUT2D eigenvalue weighted by molar-refractivity contribution is 6.36. The van der Waals surface area contributed by atoms with Gasteiger partial charge in [-0.05, 0) is 24.3 Å². The molecule has 0 aliphatic carbocycles. The Morgan fingerprint density at radius 1 is 1.24 bits per heavy atom. The molecule has 1 amide bonds. The van der Waals surface area contributed by atoms with Crippen molar-refractivity contribution in [1.82, 2.24) is 0 Å². The van der Waals surface area contributed by atoms with Gasteiger partial charge in [0.05, 0.1) is 22.1 Å². The number of nitrogens with zero attached hydrogens (tertiary/aromatic N) is 1. The molecule has 1 heterocycles. The van der Waals surface area contributed by atoms with Crippen LogP contribution in [0.5, 0.6) is 0 Å². The minimum atomic E-state index is -2.14. The summed E-state index contributed by atoms with van der Waals surface area (Å²) >= 11 is 12.0. The van der Waals surface area contributed by atoms with Crippen molar-refractivity contribution in [3.8, 4) is 0 Å². The molecule has 0 saturated heterocycles. The number of Topliss-reactive ketones (excluding diaryl/α,β-unsaturated/α-hetero) is 1. The average molecular weight is 381 g/mol. The number of rotatable bonds is 4. The number of ketones is 1. The van der Waals surface area contributed by atoms with Crippen LogP contribution in [0.2, 0.25) is 10.0 Å². The van der Waals surface area contributed by atoms with Crippen LogP contribution >= 0.6 is 23.2 Å². The molecule has 128 valence electrons. The zero-order valence-corrected chi connectivity index (χ0v) is 14.0. The van der Waals surface area contributed by atoms with Gasteiger partial charge < -0.3 is 10.4 Å². The number of nitrogens with one attached hydrogen (secondary N) is 1. The van der Waals surface area contributed by atoms with Crippen molar-refractivity contribution < 1.29 is 19.6 Å². The maximum atomic E-state index is 12.4. The number of carbonyl (C=O) groups is 2. The smallest absolute Gasteiger partial charge is 0.269 e. The number of fused-ring (bicyclic) bond motifs is 1. The first-order chi connectivity index (χ1) is 11.7. The van der Waals surface area contributed by atoms with Crippen molar-refractivity contribution in [3.63, 3.8) is 0 Å². The number of hydrogen-bond acceptors (Lipinski definition) is 5. The molecule has 0 unspecified atom stereocenters. The lowest BCUT2D eigenvalue weighted by Crippen LogP contribution is -2.36. The molecule has 1 aliphatic heterocycles. The number of non-ortho nitro benzene ring substituents is 1. The van der Waals surface area contributed by atoms with Crippen molar-refractivity contribution in [3.05, 3.63) is 67.7 Å². The third-order valence-corrected chi connectivity index (χ3v) is 4.43. The fourth-order valence-electron chi connectivity index (χ4n) is 2.70. The fourth-order valence-corrected chi connectivity index (χ4v) is 3.35. The molecule has 1 atom stereocenters. The number of aliphatic hydroxyl groups is 1. The monoisotopic (exact) mass is 380 g/mol. The number of benzene rings is 2. The standard InChI is InChI=1S/C16H10Cl2N2O5/c17-9-5-11(18)14-12(6-9)19-15(22)16(14,23)7-13(21)8-1-3-10(4-2-8)20(24)25/h1-6,23H,7H2,(H,19,22)/t16-/m0/s1. The summed E-state index contributed by atoms with van der Waals surface area (Å²) in [7, 11) is 0. The third-order valence-electron chi connectivity index (χ3n) is 3.91. The molecular weight excluding hydrogens is 371 g/mol. The first-order valence-electron chi connectivity index (χ1n) is 7.03. The second-order valence-electron chi connectivity index (χ2n) is 5.53. The van der Waals surface area contributed by atoms with E-state index in [1.807, 2.05) is 0 Å². The third kappa shape index (κ3) is 2.97. The topological polar surface area (TPSA) is 110 Å². The maximum absolute atomic E-state index is 12.4. The van der Waals surface area contributed by atoms with Gasteiger partial charge in [0, 0.05) is 28.3 Å². The van der Waals surface area contributed by atoms with Gasteiger partial charge in [-0.2, -0.15) is 0 Å². The van der Waals surface area contributed by atoms with Crippen LogP contribution in [0.15, 0.2) is 36.4 Å². The lowest BCUT2D eigenvalue weighted by atomic mass is 9.88. The highest BCUT2D eigenvalue weighted by atomic mass is 35.5. The van der Waals surface area contributed by atoms with Gasteiger partial charge in [0.1, 0.15) is 0 Å². The first-order valence-corrected chi connectivity index (χ1v) is 7.79. The minimum absolute atomic E-state index is 0.0554. The number of anilines is 1. The summed E-state index contributed by atoms with van der Waals surface area (Å²) in [6.45, 7) is 0. The van der Waals surface area contributed by atoms with Crippen molar-refractivity contribution >= 4 is 46.3 Å². The van der Waals surface area contributed by atoms with Crippen LogP contribution in [0, 0.1) is 10.1 Å². The molecule has 2 aromatic carbocycles. The van der Waals surface area contributed by atoms with Crippen molar-refractivity contribution in [2.45, 2.75) is 12.0 Å². The van der Waals surface area contributed by atoms with Gasteiger partial charge >= 0.3 is 0 Å². The van der Waals surface area contributed by atoms with E-state index in [1.165, 1.54) is 36.4 Å². The Hall–Kier alpha value is -2.48. The van der Waals surface area contributed by atoms with E-state index >= 15 is 0 Å². The second kappa shape index (κ2) is 6.11. The Labute approximate surface area is 151 Å². The normalized spacial score (nSPS) is 18.6. The fraction of sp³-hybridized carbons (Fsp3) is 0.125. The molecule has 1 aliphatic rings. The van der Waals surface area contributed by atoms with E-state index < -0.39 is 28.6 Å². The highest BCUT2D eigenvalue weighted by Gasteiger charge is 2.48. The molecule has 0 aromatic heterocycles. The van der Waals surface area contributed by atoms with Crippen LogP contribution in [0.1, 0.15) is 22.3 Å². The molecule has 0 spiro atoms. The van der Waals surface area contributed by atoms with Gasteiger partial charge in [-0.25, -0.2) is 0 Å². The molecule has 2 N–H and O–H groups in total. The summed E-state index contributed by atoms with van der Waals surface area (Å²) in [6, 6.07) is 7.67. The Balaban J connectivity index is 1.93. The molecule has 7 nitrogen and oxygen atoms in total. The minimum Gasteiger partial charge on any atom is -0.375 e. The largest absolute Gasteiger partial charge is 0.375 e. The lowest BCUT2D eigenvalue weighted by molar-refractivity contribution is -0.384. The van der Waals surface area contributed by atoms with E-state index in [2.05, 4.69) is 5.32 Å². The van der Waals surface area contributed by atoms with Crippen molar-refractivity contribution in [1.29, 1.82) is 0 Å². The highest BCUT2D eigenvalue weighted by Crippen LogP contribution is 2.44. The number of nitro groups is 1. The summed E-state index contributed by atoms with van der Waals surface area (Å²) in [5.74, 6) is -1.35. The van der Waals surface area contributed by atoms with Gasteiger partial charge in [-0.3, -0.25) is 19.7 Å². The molecule has 3 rings (SSSR count). The predicted molar refractivity (Wildman–Crippen MR) is 91.0 cm³/mol. The molecule has 0 radical (unpaired) electrons. The van der Waals surface area contributed by atoms with Crippen molar-refractivity contribution in [2.75, 3.05) is 5.32 Å². The van der Waals surface area contributed by atoms with Crippen LogP contribution in [0.25, 0.3) is 0 Å². The Morgan fingerprint density at radius 2 is 1.88 bits per heavy atom. The first kappa shape index (κ1) is 17.3. The van der Waals surface area contributed by atoms with Crippen molar-refractivity contribution in [2.24, 2.45) is 0 Å². The SMILES string of the molecule is O=C(C[C@@]1(O)C(=O)Nc2cc(Cl)cc(Cl)c21)c1ccc([N+](=O)[O-])cc1. The quantitative estimate of drug-likeness (QED) is 0.480. The average Bonchev–Trinajstić information content (AvgIpc) is 2.77. The van der Waals surface area contributed by atoms with Crippen LogP contribution < -0.4 is 5.32 Å². The zero-order valence-electron chi connectivity index (χ0n) is 12.5. The van der Waals surface area contributed by atoms with E-state index in [0.29, 0.717) is 0 Å². The molecule has 2 aromatic rings. The summed E-state index contributed by atoms with van der Waals surface area (Å²) in [4.78, 5) is 34.7. The van der Waals surface area contributed by atoms with Gasteiger partial charge in [-0.1, -0.05) is 23.2 Å². The van der Waals surface area contributed by atoms with Gasteiger partial charge in [0.15, 0.2) is 11.4 Å². The van der Waals surface area contributed by atoms with E-state index in [4.69, 9.17) is 23.2 Å². The molecule has 0 fully saturated rings. The maximum Gasteiger partial charge on any atom is 0.269 e. The Morgan fingerprint density at radius 3 is 2.48 bits per heavy atom. The molecule has 25 heavy (non-hydrogen) atoms. The van der Waals surface area contributed by atoms with E-state index in [0.717, 1.165) is 0 Å². The summed E-state index contributed by atoms with van der Waals surface area (Å²) in [5.41, 5.74) is -1.86. The van der Waals surface area contributed by atoms with Crippen LogP contribution in [0.4, 0.5) is 11.4 Å². The Bertz CT molecular complexity index is 913. The van der Waals surface area contributed by atoms with E-state index in [-0.39, 0.29) is 32.5 Å². The summed E-state index contributed by atoms with van der Waals surface area (Å²) in [6.07, 6.45) is -0.564. The lowest BCUT2D eigenvalue weighted by Gasteiger charge is -2.21. The van der Waals surface area contributed by atoms with E-state index in [1.54, 1.807) is 0 Å². The van der Waals surface area contributed by atoms with Crippen LogP contribution in [0.3, 0.4) is 0 Å². The van der Waals surface area contributed by atoms with Gasteiger partial charge in [0.25, 0.3) is 11.6 Å².